The van der Waals surface area contributed by atoms with Gasteiger partial charge in [0.1, 0.15) is 6.61 Å². The molecule has 0 radical (unpaired) electrons. The molecular weight excluding hydrogens is 176 g/mol. The van der Waals surface area contributed by atoms with Crippen LogP contribution in [0.1, 0.15) is 0 Å². The third-order valence-corrected chi connectivity index (χ3v) is 2.23. The molecule has 11 heavy (non-hydrogen) atoms. The standard InChI is InChI=1S/C3H6N2O5S/c4-10-11(7,8)5-1-2-9-3(5)6/h1-2,4H2. The van der Waals surface area contributed by atoms with Gasteiger partial charge in [0.05, 0.1) is 6.54 Å². The van der Waals surface area contributed by atoms with Crippen molar-refractivity contribution in [2.75, 3.05) is 13.2 Å². The lowest BCUT2D eigenvalue weighted by Gasteiger charge is -2.08. The van der Waals surface area contributed by atoms with Gasteiger partial charge in [0.25, 0.3) is 0 Å². The van der Waals surface area contributed by atoms with E-state index in [1.807, 2.05) is 0 Å². The predicted molar refractivity (Wildman–Crippen MR) is 32.2 cm³/mol. The fraction of sp³-hybridized carbons (Fsp3) is 0.667. The van der Waals surface area contributed by atoms with Crippen LogP contribution in [0.4, 0.5) is 4.79 Å². The maximum absolute atomic E-state index is 10.7. The molecule has 1 aliphatic heterocycles. The summed E-state index contributed by atoms with van der Waals surface area (Å²) < 4.78 is 29.7. The van der Waals surface area contributed by atoms with Crippen LogP contribution in [-0.2, 0) is 19.3 Å². The molecule has 0 aromatic heterocycles. The molecule has 8 heteroatoms. The first kappa shape index (κ1) is 8.24. The molecule has 2 N–H and O–H groups in total. The topological polar surface area (TPSA) is 98.9 Å². The van der Waals surface area contributed by atoms with Crippen LogP contribution < -0.4 is 5.90 Å². The number of cyclic esters (lactones) is 1. The van der Waals surface area contributed by atoms with Crippen LogP contribution in [0, 0.1) is 0 Å². The van der Waals surface area contributed by atoms with Crippen molar-refractivity contribution in [1.29, 1.82) is 0 Å². The van der Waals surface area contributed by atoms with Crippen LogP contribution in [0.25, 0.3) is 0 Å². The number of hydrogen-bond donors (Lipinski definition) is 1. The quantitative estimate of drug-likeness (QED) is 0.526. The number of nitrogens with two attached hydrogens (primary N) is 1. The fourth-order valence-electron chi connectivity index (χ4n) is 0.634. The van der Waals surface area contributed by atoms with Crippen molar-refractivity contribution in [2.24, 2.45) is 5.90 Å². The van der Waals surface area contributed by atoms with Crippen molar-refractivity contribution in [3.05, 3.63) is 0 Å². The molecule has 1 rings (SSSR count). The number of ether oxygens (including phenoxy) is 1. The van der Waals surface area contributed by atoms with Gasteiger partial charge in [-0.05, 0) is 0 Å². The molecule has 0 bridgehead atoms. The molecule has 1 heterocycles. The van der Waals surface area contributed by atoms with Crippen molar-refractivity contribution < 1.29 is 22.2 Å². The molecular formula is C3H6N2O5S. The summed E-state index contributed by atoms with van der Waals surface area (Å²) in [6.07, 6.45) is -0.963. The number of rotatable bonds is 2. The molecule has 0 unspecified atom stereocenters. The summed E-state index contributed by atoms with van der Waals surface area (Å²) in [6, 6.07) is 0. The molecule has 0 aromatic carbocycles. The molecule has 0 aromatic rings. The lowest BCUT2D eigenvalue weighted by Crippen LogP contribution is -2.34. The summed E-state index contributed by atoms with van der Waals surface area (Å²) in [5.41, 5.74) is 0. The van der Waals surface area contributed by atoms with Gasteiger partial charge in [-0.25, -0.2) is 4.79 Å². The lowest BCUT2D eigenvalue weighted by atomic mass is 10.7. The zero-order chi connectivity index (χ0) is 8.48. The van der Waals surface area contributed by atoms with E-state index < -0.39 is 16.4 Å². The lowest BCUT2D eigenvalue weighted by molar-refractivity contribution is 0.167. The van der Waals surface area contributed by atoms with E-state index in [-0.39, 0.29) is 13.2 Å². The minimum atomic E-state index is -4.11. The van der Waals surface area contributed by atoms with Crippen LogP contribution in [0.2, 0.25) is 0 Å². The van der Waals surface area contributed by atoms with Gasteiger partial charge in [0, 0.05) is 0 Å². The Hall–Kier alpha value is -0.860. The van der Waals surface area contributed by atoms with Gasteiger partial charge in [-0.2, -0.15) is 22.9 Å². The average molecular weight is 182 g/mol. The maximum atomic E-state index is 10.7. The first-order valence-electron chi connectivity index (χ1n) is 2.66. The van der Waals surface area contributed by atoms with Gasteiger partial charge in [-0.15, -0.1) is 0 Å². The molecule has 0 spiro atoms. The van der Waals surface area contributed by atoms with Crippen molar-refractivity contribution in [1.82, 2.24) is 4.31 Å². The number of carbonyl (C=O) groups is 1. The Kier molecular flexibility index (Phi) is 1.98. The first-order valence-corrected chi connectivity index (χ1v) is 4.02. The van der Waals surface area contributed by atoms with Crippen molar-refractivity contribution >= 4 is 16.4 Å². The zero-order valence-electron chi connectivity index (χ0n) is 5.39. The number of amides is 1. The Morgan fingerprint density at radius 3 is 2.64 bits per heavy atom. The molecule has 1 fully saturated rings. The molecule has 1 aliphatic rings. The summed E-state index contributed by atoms with van der Waals surface area (Å²) in [6.45, 7) is -0.0280. The Balaban J connectivity index is 2.83. The van der Waals surface area contributed by atoms with Gasteiger partial charge in [-0.1, -0.05) is 0 Å². The number of nitrogens with zero attached hydrogens (tertiary/aromatic N) is 1. The summed E-state index contributed by atoms with van der Waals surface area (Å²) >= 11 is 0. The fourth-order valence-corrected chi connectivity index (χ4v) is 1.27. The Morgan fingerprint density at radius 1 is 1.64 bits per heavy atom. The zero-order valence-corrected chi connectivity index (χ0v) is 6.20. The van der Waals surface area contributed by atoms with E-state index in [9.17, 15) is 13.2 Å². The summed E-state index contributed by atoms with van der Waals surface area (Å²) in [7, 11) is -4.11. The van der Waals surface area contributed by atoms with Crippen LogP contribution in [0.5, 0.6) is 0 Å². The molecule has 0 saturated carbocycles. The Morgan fingerprint density at radius 2 is 2.27 bits per heavy atom. The highest BCUT2D eigenvalue weighted by Gasteiger charge is 2.33. The molecule has 1 saturated heterocycles. The SMILES string of the molecule is NOS(=O)(=O)N1CCOC1=O. The summed E-state index contributed by atoms with van der Waals surface area (Å²) in [5, 5.41) is 0. The minimum absolute atomic E-state index is 0.0292. The second kappa shape index (κ2) is 2.64. The minimum Gasteiger partial charge on any atom is -0.447 e. The second-order valence-corrected chi connectivity index (χ2v) is 3.23. The van der Waals surface area contributed by atoms with E-state index in [1.54, 1.807) is 0 Å². The second-order valence-electron chi connectivity index (χ2n) is 1.74. The molecule has 1 amide bonds. The third-order valence-electron chi connectivity index (χ3n) is 1.12. The van der Waals surface area contributed by atoms with E-state index in [0.717, 1.165) is 0 Å². The van der Waals surface area contributed by atoms with E-state index in [4.69, 9.17) is 0 Å². The van der Waals surface area contributed by atoms with E-state index >= 15 is 0 Å². The maximum Gasteiger partial charge on any atom is 0.425 e. The van der Waals surface area contributed by atoms with Gasteiger partial charge >= 0.3 is 16.4 Å². The van der Waals surface area contributed by atoms with Crippen molar-refractivity contribution in [3.63, 3.8) is 0 Å². The summed E-state index contributed by atoms with van der Waals surface area (Å²) in [4.78, 5) is 10.6. The van der Waals surface area contributed by atoms with Gasteiger partial charge in [0.2, 0.25) is 0 Å². The first-order chi connectivity index (χ1) is 5.08. The van der Waals surface area contributed by atoms with Gasteiger partial charge < -0.3 is 4.74 Å². The predicted octanol–water partition coefficient (Wildman–Crippen LogP) is -1.43. The van der Waals surface area contributed by atoms with Crippen LogP contribution >= 0.6 is 0 Å². The largest absolute Gasteiger partial charge is 0.447 e. The molecule has 64 valence electrons. The monoisotopic (exact) mass is 182 g/mol. The molecule has 0 atom stereocenters. The van der Waals surface area contributed by atoms with Crippen LogP contribution in [0.15, 0.2) is 0 Å². The highest BCUT2D eigenvalue weighted by Crippen LogP contribution is 2.08. The molecule has 7 nitrogen and oxygen atoms in total. The smallest absolute Gasteiger partial charge is 0.425 e. The normalized spacial score (nSPS) is 18.6. The Labute approximate surface area is 62.9 Å². The van der Waals surface area contributed by atoms with Gasteiger partial charge in [-0.3, -0.25) is 0 Å². The van der Waals surface area contributed by atoms with E-state index in [2.05, 4.69) is 14.9 Å². The third kappa shape index (κ3) is 1.42. The van der Waals surface area contributed by atoms with Crippen LogP contribution in [0.3, 0.4) is 0 Å². The van der Waals surface area contributed by atoms with E-state index in [0.29, 0.717) is 4.31 Å². The van der Waals surface area contributed by atoms with Gasteiger partial charge in [0.15, 0.2) is 0 Å². The number of carbonyl (C=O) groups excluding carboxylic acids is 1. The highest BCUT2D eigenvalue weighted by atomic mass is 32.2. The highest BCUT2D eigenvalue weighted by molar-refractivity contribution is 7.84. The van der Waals surface area contributed by atoms with Crippen molar-refractivity contribution in [3.8, 4) is 0 Å². The van der Waals surface area contributed by atoms with Crippen LogP contribution in [-0.4, -0.2) is 32.0 Å². The van der Waals surface area contributed by atoms with E-state index in [1.165, 1.54) is 0 Å². The molecule has 0 aliphatic carbocycles. The number of hydrogen-bond acceptors (Lipinski definition) is 6. The van der Waals surface area contributed by atoms with Crippen molar-refractivity contribution in [2.45, 2.75) is 0 Å². The summed E-state index contributed by atoms with van der Waals surface area (Å²) in [5.74, 6) is 4.41. The average Bonchev–Trinajstić information content (AvgIpc) is 2.36. The Bertz CT molecular complexity index is 259.